The van der Waals surface area contributed by atoms with Gasteiger partial charge in [0, 0.05) is 5.92 Å². The summed E-state index contributed by atoms with van der Waals surface area (Å²) in [6.07, 6.45) is 1.03. The van der Waals surface area contributed by atoms with Gasteiger partial charge in [-0.15, -0.1) is 0 Å². The van der Waals surface area contributed by atoms with E-state index in [2.05, 4.69) is 5.32 Å². The van der Waals surface area contributed by atoms with Crippen molar-refractivity contribution in [3.05, 3.63) is 35.9 Å². The molecule has 4 heteroatoms. The zero-order chi connectivity index (χ0) is 15.0. The SMILES string of the molecule is CCC(CC)C(=O)C(C)NC(=O)OCc1ccccc1. The smallest absolute Gasteiger partial charge is 0.408 e. The van der Waals surface area contributed by atoms with Gasteiger partial charge in [0.25, 0.3) is 0 Å². The minimum absolute atomic E-state index is 0.000534. The zero-order valence-corrected chi connectivity index (χ0v) is 12.4. The summed E-state index contributed by atoms with van der Waals surface area (Å²) in [6.45, 7) is 5.86. The lowest BCUT2D eigenvalue weighted by atomic mass is 9.94. The van der Waals surface area contributed by atoms with E-state index in [4.69, 9.17) is 4.74 Å². The molecule has 0 aliphatic carbocycles. The van der Waals surface area contributed by atoms with Crippen LogP contribution in [-0.4, -0.2) is 17.9 Å². The standard InChI is InChI=1S/C16H23NO3/c1-4-14(5-2)15(18)12(3)17-16(19)20-11-13-9-7-6-8-10-13/h6-10,12,14H,4-5,11H2,1-3H3,(H,17,19). The maximum absolute atomic E-state index is 12.0. The highest BCUT2D eigenvalue weighted by molar-refractivity contribution is 5.88. The fraction of sp³-hybridized carbons (Fsp3) is 0.500. The summed E-state index contributed by atoms with van der Waals surface area (Å²) in [6, 6.07) is 8.92. The first-order valence-corrected chi connectivity index (χ1v) is 7.09. The molecule has 20 heavy (non-hydrogen) atoms. The van der Waals surface area contributed by atoms with Crippen molar-refractivity contribution < 1.29 is 14.3 Å². The Labute approximate surface area is 120 Å². The van der Waals surface area contributed by atoms with Gasteiger partial charge in [-0.2, -0.15) is 0 Å². The van der Waals surface area contributed by atoms with E-state index in [1.165, 1.54) is 0 Å². The molecule has 1 rings (SSSR count). The lowest BCUT2D eigenvalue weighted by Crippen LogP contribution is -2.41. The quantitative estimate of drug-likeness (QED) is 0.832. The van der Waals surface area contributed by atoms with Crippen LogP contribution in [0, 0.1) is 5.92 Å². The number of benzene rings is 1. The summed E-state index contributed by atoms with van der Waals surface area (Å²) in [4.78, 5) is 23.7. The van der Waals surface area contributed by atoms with Crippen LogP contribution in [0.2, 0.25) is 0 Å². The average Bonchev–Trinajstić information content (AvgIpc) is 2.47. The van der Waals surface area contributed by atoms with Gasteiger partial charge in [-0.3, -0.25) is 4.79 Å². The van der Waals surface area contributed by atoms with E-state index in [1.54, 1.807) is 6.92 Å². The molecule has 0 saturated heterocycles. The van der Waals surface area contributed by atoms with Crippen molar-refractivity contribution >= 4 is 11.9 Å². The van der Waals surface area contributed by atoms with Gasteiger partial charge in [-0.25, -0.2) is 4.79 Å². The van der Waals surface area contributed by atoms with Crippen LogP contribution in [0.3, 0.4) is 0 Å². The number of hydrogen-bond donors (Lipinski definition) is 1. The third kappa shape index (κ3) is 5.03. The number of rotatable bonds is 7. The second-order valence-electron chi connectivity index (χ2n) is 4.84. The van der Waals surface area contributed by atoms with Crippen molar-refractivity contribution in [2.75, 3.05) is 0 Å². The van der Waals surface area contributed by atoms with Crippen LogP contribution in [0.1, 0.15) is 39.2 Å². The Morgan fingerprint density at radius 1 is 1.15 bits per heavy atom. The Balaban J connectivity index is 2.40. The number of carbonyl (C=O) groups is 2. The number of ketones is 1. The average molecular weight is 277 g/mol. The molecule has 1 N–H and O–H groups in total. The number of amides is 1. The highest BCUT2D eigenvalue weighted by Crippen LogP contribution is 2.11. The van der Waals surface area contributed by atoms with Crippen molar-refractivity contribution in [3.63, 3.8) is 0 Å². The molecular weight excluding hydrogens is 254 g/mol. The van der Waals surface area contributed by atoms with Gasteiger partial charge < -0.3 is 10.1 Å². The van der Waals surface area contributed by atoms with Crippen LogP contribution < -0.4 is 5.32 Å². The molecular formula is C16H23NO3. The Hall–Kier alpha value is -1.84. The first-order valence-electron chi connectivity index (χ1n) is 7.09. The molecule has 1 aromatic rings. The Morgan fingerprint density at radius 3 is 2.30 bits per heavy atom. The fourth-order valence-electron chi connectivity index (χ4n) is 2.06. The van der Waals surface area contributed by atoms with Gasteiger partial charge in [0.15, 0.2) is 5.78 Å². The Morgan fingerprint density at radius 2 is 1.75 bits per heavy atom. The van der Waals surface area contributed by atoms with E-state index in [0.29, 0.717) is 0 Å². The Bertz CT molecular complexity index is 427. The van der Waals surface area contributed by atoms with E-state index in [-0.39, 0.29) is 18.3 Å². The predicted octanol–water partition coefficient (Wildman–Crippen LogP) is 3.31. The molecule has 110 valence electrons. The zero-order valence-electron chi connectivity index (χ0n) is 12.4. The largest absolute Gasteiger partial charge is 0.445 e. The van der Waals surface area contributed by atoms with E-state index in [0.717, 1.165) is 18.4 Å². The van der Waals surface area contributed by atoms with Crippen molar-refractivity contribution in [1.82, 2.24) is 5.32 Å². The molecule has 0 heterocycles. The molecule has 0 fully saturated rings. The van der Waals surface area contributed by atoms with Gasteiger partial charge in [0.05, 0.1) is 6.04 Å². The van der Waals surface area contributed by atoms with Crippen LogP contribution in [-0.2, 0) is 16.1 Å². The number of alkyl carbamates (subject to hydrolysis) is 1. The normalized spacial score (nSPS) is 12.0. The maximum atomic E-state index is 12.0. The molecule has 4 nitrogen and oxygen atoms in total. The van der Waals surface area contributed by atoms with E-state index in [1.807, 2.05) is 44.2 Å². The van der Waals surface area contributed by atoms with Gasteiger partial charge in [0.1, 0.15) is 6.61 Å². The summed E-state index contributed by atoms with van der Waals surface area (Å²) in [5, 5.41) is 2.59. The molecule has 0 bridgehead atoms. The molecule has 1 amide bonds. The minimum atomic E-state index is -0.555. The molecule has 1 aromatic carbocycles. The lowest BCUT2D eigenvalue weighted by Gasteiger charge is -2.18. The van der Waals surface area contributed by atoms with Crippen LogP contribution >= 0.6 is 0 Å². The summed E-state index contributed by atoms with van der Waals surface area (Å²) < 4.78 is 5.09. The first-order chi connectivity index (χ1) is 9.58. The number of nitrogens with one attached hydrogen (secondary N) is 1. The number of ether oxygens (including phenoxy) is 1. The van der Waals surface area contributed by atoms with Gasteiger partial charge in [0.2, 0.25) is 0 Å². The van der Waals surface area contributed by atoms with Gasteiger partial charge >= 0.3 is 6.09 Å². The number of hydrogen-bond acceptors (Lipinski definition) is 3. The summed E-state index contributed by atoms with van der Waals surface area (Å²) in [5.41, 5.74) is 0.918. The van der Waals surface area contributed by atoms with Crippen molar-refractivity contribution in [1.29, 1.82) is 0 Å². The molecule has 0 aliphatic heterocycles. The van der Waals surface area contributed by atoms with Crippen LogP contribution in [0.25, 0.3) is 0 Å². The van der Waals surface area contributed by atoms with Crippen LogP contribution in [0.5, 0.6) is 0 Å². The summed E-state index contributed by atoms with van der Waals surface area (Å²) in [7, 11) is 0. The second-order valence-corrected chi connectivity index (χ2v) is 4.84. The monoisotopic (exact) mass is 277 g/mol. The lowest BCUT2D eigenvalue weighted by molar-refractivity contribution is -0.124. The van der Waals surface area contributed by atoms with E-state index < -0.39 is 12.1 Å². The molecule has 0 saturated carbocycles. The fourth-order valence-corrected chi connectivity index (χ4v) is 2.06. The third-order valence-corrected chi connectivity index (χ3v) is 3.36. The van der Waals surface area contributed by atoms with Crippen LogP contribution in [0.4, 0.5) is 4.79 Å². The topological polar surface area (TPSA) is 55.4 Å². The second kappa shape index (κ2) is 8.35. The number of carbonyl (C=O) groups excluding carboxylic acids is 2. The van der Waals surface area contributed by atoms with Crippen molar-refractivity contribution in [3.8, 4) is 0 Å². The molecule has 0 aliphatic rings. The van der Waals surface area contributed by atoms with Crippen LogP contribution in [0.15, 0.2) is 30.3 Å². The molecule has 0 aromatic heterocycles. The summed E-state index contributed by atoms with van der Waals surface area (Å²) >= 11 is 0. The predicted molar refractivity (Wildman–Crippen MR) is 78.3 cm³/mol. The first kappa shape index (κ1) is 16.2. The van der Waals surface area contributed by atoms with Gasteiger partial charge in [-0.1, -0.05) is 44.2 Å². The van der Waals surface area contributed by atoms with Gasteiger partial charge in [-0.05, 0) is 25.3 Å². The van der Waals surface area contributed by atoms with Crippen molar-refractivity contribution in [2.24, 2.45) is 5.92 Å². The third-order valence-electron chi connectivity index (χ3n) is 3.36. The summed E-state index contributed by atoms with van der Waals surface area (Å²) in [5.74, 6) is 0.0612. The highest BCUT2D eigenvalue weighted by Gasteiger charge is 2.22. The number of Topliss-reactive ketones (excluding diaryl/α,β-unsaturated/α-hetero) is 1. The molecule has 0 spiro atoms. The maximum Gasteiger partial charge on any atom is 0.408 e. The highest BCUT2D eigenvalue weighted by atomic mass is 16.5. The minimum Gasteiger partial charge on any atom is -0.445 e. The molecule has 1 unspecified atom stereocenters. The molecule has 1 atom stereocenters. The van der Waals surface area contributed by atoms with Crippen molar-refractivity contribution in [2.45, 2.75) is 46.3 Å². The van der Waals surface area contributed by atoms with E-state index in [9.17, 15) is 9.59 Å². The van der Waals surface area contributed by atoms with E-state index >= 15 is 0 Å². The molecule has 0 radical (unpaired) electrons. The Kier molecular flexibility index (Phi) is 6.77.